The number of esters is 1. The Balaban J connectivity index is 1.58. The molecule has 7 nitrogen and oxygen atoms in total. The topological polar surface area (TPSA) is 68.3 Å². The molecule has 0 saturated heterocycles. The zero-order chi connectivity index (χ0) is 20.1. The zero-order valence-electron chi connectivity index (χ0n) is 16.3. The zero-order valence-corrected chi connectivity index (χ0v) is 16.3. The minimum Gasteiger partial charge on any atom is -0.454 e. The van der Waals surface area contributed by atoms with Crippen molar-refractivity contribution in [1.82, 2.24) is 4.90 Å². The van der Waals surface area contributed by atoms with Gasteiger partial charge >= 0.3 is 5.97 Å². The van der Waals surface area contributed by atoms with Gasteiger partial charge in [-0.2, -0.15) is 0 Å². The number of ether oxygens (including phenoxy) is 3. The van der Waals surface area contributed by atoms with E-state index in [1.54, 1.807) is 23.1 Å². The maximum atomic E-state index is 12.5. The van der Waals surface area contributed by atoms with Crippen LogP contribution in [0.15, 0.2) is 42.5 Å². The second-order valence-corrected chi connectivity index (χ2v) is 6.62. The maximum absolute atomic E-state index is 12.5. The standard InChI is InChI=1S/C21H24N2O5/c1-4-23(12-15-8-9-18-19(10-15)28-14-27-18)20(24)13-26-21(25)16-6-5-7-17(11-16)22(2)3/h5-11H,4,12-14H2,1-3H3. The molecule has 2 aromatic rings. The predicted molar refractivity (Wildman–Crippen MR) is 105 cm³/mol. The van der Waals surface area contributed by atoms with Crippen LogP contribution in [0.5, 0.6) is 11.5 Å². The van der Waals surface area contributed by atoms with Crippen molar-refractivity contribution in [3.8, 4) is 11.5 Å². The van der Waals surface area contributed by atoms with Crippen LogP contribution in [0.1, 0.15) is 22.8 Å². The fourth-order valence-electron chi connectivity index (χ4n) is 2.85. The van der Waals surface area contributed by atoms with E-state index in [-0.39, 0.29) is 19.3 Å². The van der Waals surface area contributed by atoms with Crippen molar-refractivity contribution < 1.29 is 23.8 Å². The van der Waals surface area contributed by atoms with Crippen molar-refractivity contribution in [3.63, 3.8) is 0 Å². The molecule has 0 bridgehead atoms. The number of carbonyl (C=O) groups excluding carboxylic acids is 2. The van der Waals surface area contributed by atoms with Gasteiger partial charge in [0.05, 0.1) is 5.56 Å². The molecule has 0 unspecified atom stereocenters. The minimum absolute atomic E-state index is 0.209. The van der Waals surface area contributed by atoms with Crippen molar-refractivity contribution in [2.45, 2.75) is 13.5 Å². The SMILES string of the molecule is CCN(Cc1ccc2c(c1)OCO2)C(=O)COC(=O)c1cccc(N(C)C)c1. The molecule has 0 fully saturated rings. The van der Waals surface area contributed by atoms with E-state index in [0.29, 0.717) is 30.2 Å². The van der Waals surface area contributed by atoms with Gasteiger partial charge in [-0.3, -0.25) is 4.79 Å². The van der Waals surface area contributed by atoms with Gasteiger partial charge in [0.1, 0.15) is 0 Å². The summed E-state index contributed by atoms with van der Waals surface area (Å²) in [7, 11) is 3.78. The molecule has 148 valence electrons. The Bertz CT molecular complexity index is 866. The largest absolute Gasteiger partial charge is 0.454 e. The highest BCUT2D eigenvalue weighted by Gasteiger charge is 2.18. The van der Waals surface area contributed by atoms with Crippen LogP contribution in [0.25, 0.3) is 0 Å². The Morgan fingerprint density at radius 3 is 2.61 bits per heavy atom. The van der Waals surface area contributed by atoms with Gasteiger partial charge in [-0.05, 0) is 42.8 Å². The second-order valence-electron chi connectivity index (χ2n) is 6.62. The summed E-state index contributed by atoms with van der Waals surface area (Å²) in [5.41, 5.74) is 2.22. The molecule has 3 rings (SSSR count). The number of nitrogens with zero attached hydrogens (tertiary/aromatic N) is 2. The number of amides is 1. The molecule has 1 heterocycles. The van der Waals surface area contributed by atoms with Gasteiger partial charge in [0.2, 0.25) is 6.79 Å². The van der Waals surface area contributed by atoms with Crippen molar-refractivity contribution in [1.29, 1.82) is 0 Å². The molecule has 1 amide bonds. The molecule has 0 aromatic heterocycles. The van der Waals surface area contributed by atoms with Crippen molar-refractivity contribution in [3.05, 3.63) is 53.6 Å². The smallest absolute Gasteiger partial charge is 0.338 e. The molecule has 2 aromatic carbocycles. The number of hydrogen-bond acceptors (Lipinski definition) is 6. The maximum Gasteiger partial charge on any atom is 0.338 e. The van der Waals surface area contributed by atoms with Crippen molar-refractivity contribution in [2.75, 3.05) is 38.9 Å². The molecule has 0 N–H and O–H groups in total. The first kappa shape index (κ1) is 19.5. The number of fused-ring (bicyclic) bond motifs is 1. The first-order valence-corrected chi connectivity index (χ1v) is 9.08. The number of rotatable bonds is 7. The fourth-order valence-corrected chi connectivity index (χ4v) is 2.85. The van der Waals surface area contributed by atoms with Gasteiger partial charge in [0, 0.05) is 32.9 Å². The lowest BCUT2D eigenvalue weighted by Crippen LogP contribution is -2.34. The monoisotopic (exact) mass is 384 g/mol. The molecule has 28 heavy (non-hydrogen) atoms. The van der Waals surface area contributed by atoms with Crippen LogP contribution in [0.3, 0.4) is 0 Å². The molecule has 0 radical (unpaired) electrons. The molecule has 1 aliphatic rings. The van der Waals surface area contributed by atoms with E-state index >= 15 is 0 Å². The first-order chi connectivity index (χ1) is 13.5. The summed E-state index contributed by atoms with van der Waals surface area (Å²) in [6, 6.07) is 12.7. The lowest BCUT2D eigenvalue weighted by atomic mass is 10.2. The van der Waals surface area contributed by atoms with E-state index in [1.807, 2.05) is 50.2 Å². The highest BCUT2D eigenvalue weighted by molar-refractivity contribution is 5.92. The highest BCUT2D eigenvalue weighted by Crippen LogP contribution is 2.32. The molecular weight excluding hydrogens is 360 g/mol. The van der Waals surface area contributed by atoms with Crippen LogP contribution in [0.4, 0.5) is 5.69 Å². The van der Waals surface area contributed by atoms with Crippen LogP contribution in [0, 0.1) is 0 Å². The third kappa shape index (κ3) is 4.54. The lowest BCUT2D eigenvalue weighted by Gasteiger charge is -2.21. The van der Waals surface area contributed by atoms with Gasteiger partial charge in [0.15, 0.2) is 18.1 Å². The van der Waals surface area contributed by atoms with Gasteiger partial charge in [-0.15, -0.1) is 0 Å². The van der Waals surface area contributed by atoms with Gasteiger partial charge in [-0.1, -0.05) is 12.1 Å². The molecular formula is C21H24N2O5. The summed E-state index contributed by atoms with van der Waals surface area (Å²) in [4.78, 5) is 28.3. The Morgan fingerprint density at radius 2 is 1.86 bits per heavy atom. The molecule has 0 aliphatic carbocycles. The van der Waals surface area contributed by atoms with Gasteiger partial charge in [0.25, 0.3) is 5.91 Å². The second kappa shape index (κ2) is 8.65. The molecule has 7 heteroatoms. The minimum atomic E-state index is -0.517. The van der Waals surface area contributed by atoms with E-state index < -0.39 is 5.97 Å². The van der Waals surface area contributed by atoms with E-state index in [0.717, 1.165) is 11.3 Å². The normalized spacial score (nSPS) is 11.8. The van der Waals surface area contributed by atoms with Crippen LogP contribution in [0.2, 0.25) is 0 Å². The summed E-state index contributed by atoms with van der Waals surface area (Å²) in [5, 5.41) is 0. The van der Waals surface area contributed by atoms with E-state index in [4.69, 9.17) is 14.2 Å². The Morgan fingerprint density at radius 1 is 1.07 bits per heavy atom. The molecule has 0 saturated carbocycles. The number of benzene rings is 2. The lowest BCUT2D eigenvalue weighted by molar-refractivity contribution is -0.134. The number of likely N-dealkylation sites (N-methyl/N-ethyl adjacent to an activating group) is 1. The number of hydrogen-bond donors (Lipinski definition) is 0. The summed E-state index contributed by atoms with van der Waals surface area (Å²) >= 11 is 0. The first-order valence-electron chi connectivity index (χ1n) is 9.08. The van der Waals surface area contributed by atoms with Crippen LogP contribution >= 0.6 is 0 Å². The predicted octanol–water partition coefficient (Wildman–Crippen LogP) is 2.69. The molecule has 0 atom stereocenters. The van der Waals surface area contributed by atoms with Crippen LogP contribution < -0.4 is 14.4 Å². The van der Waals surface area contributed by atoms with Crippen LogP contribution in [-0.2, 0) is 16.1 Å². The number of anilines is 1. The highest BCUT2D eigenvalue weighted by atomic mass is 16.7. The van der Waals surface area contributed by atoms with E-state index in [1.165, 1.54) is 0 Å². The quantitative estimate of drug-likeness (QED) is 0.684. The third-order valence-electron chi connectivity index (χ3n) is 4.47. The Hall–Kier alpha value is -3.22. The molecule has 0 spiro atoms. The summed E-state index contributed by atoms with van der Waals surface area (Å²) in [6.45, 7) is 2.69. The van der Waals surface area contributed by atoms with Gasteiger partial charge in [-0.25, -0.2) is 4.79 Å². The average Bonchev–Trinajstić information content (AvgIpc) is 3.17. The van der Waals surface area contributed by atoms with Crippen molar-refractivity contribution in [2.24, 2.45) is 0 Å². The summed E-state index contributed by atoms with van der Waals surface area (Å²) in [5.74, 6) is 0.605. The van der Waals surface area contributed by atoms with Gasteiger partial charge < -0.3 is 24.0 Å². The molecule has 1 aliphatic heterocycles. The third-order valence-corrected chi connectivity index (χ3v) is 4.47. The van der Waals surface area contributed by atoms with E-state index in [2.05, 4.69) is 0 Å². The van der Waals surface area contributed by atoms with E-state index in [9.17, 15) is 9.59 Å². The number of carbonyl (C=O) groups is 2. The van der Waals surface area contributed by atoms with Crippen LogP contribution in [-0.4, -0.2) is 50.8 Å². The Labute approximate surface area is 164 Å². The average molecular weight is 384 g/mol. The Kier molecular flexibility index (Phi) is 6.03. The van der Waals surface area contributed by atoms with Crippen molar-refractivity contribution >= 4 is 17.6 Å². The summed E-state index contributed by atoms with van der Waals surface area (Å²) < 4.78 is 15.9. The summed E-state index contributed by atoms with van der Waals surface area (Å²) in [6.07, 6.45) is 0. The fraction of sp³-hybridized carbons (Fsp3) is 0.333.